The van der Waals surface area contributed by atoms with Gasteiger partial charge in [0.15, 0.2) is 6.19 Å². The summed E-state index contributed by atoms with van der Waals surface area (Å²) in [6.45, 7) is 1.15. The zero-order chi connectivity index (χ0) is 22.4. The fourth-order valence-electron chi connectivity index (χ4n) is 3.68. The standard InChI is InChI=1S/C23H25ClN6O/c24-18-7-2-5-16(12-18)10-15-4-1-6-17(11-15)21(26)20(23(28)31)22(27)29-19-8-3-9-30(13-19)14-25/h1-2,4-7,11-12,19H,3,8-10,13,26H2,(H2,27,29)(H2,28,31). The van der Waals surface area contributed by atoms with Crippen LogP contribution in [0.5, 0.6) is 0 Å². The average Bonchev–Trinajstić information content (AvgIpc) is 2.74. The van der Waals surface area contributed by atoms with Gasteiger partial charge in [0, 0.05) is 11.6 Å². The molecule has 2 aromatic carbocycles. The van der Waals surface area contributed by atoms with Crippen LogP contribution in [0.1, 0.15) is 29.5 Å². The number of nitrogens with zero attached hydrogens (tertiary/aromatic N) is 3. The van der Waals surface area contributed by atoms with E-state index in [0.717, 1.165) is 24.0 Å². The van der Waals surface area contributed by atoms with Gasteiger partial charge in [-0.1, -0.05) is 41.9 Å². The minimum atomic E-state index is -0.744. The Balaban J connectivity index is 1.89. The fraction of sp³-hybridized carbons (Fsp3) is 0.261. The number of nitrogens with two attached hydrogens (primary N) is 3. The molecule has 1 saturated heterocycles. The molecule has 1 unspecified atom stereocenters. The maximum Gasteiger partial charge on any atom is 0.254 e. The second-order valence-corrected chi connectivity index (χ2v) is 7.95. The van der Waals surface area contributed by atoms with Crippen LogP contribution >= 0.6 is 11.6 Å². The summed E-state index contributed by atoms with van der Waals surface area (Å²) in [6, 6.07) is 15.0. The molecule has 0 saturated carbocycles. The summed E-state index contributed by atoms with van der Waals surface area (Å²) in [5.41, 5.74) is 20.9. The maximum absolute atomic E-state index is 12.2. The van der Waals surface area contributed by atoms with Gasteiger partial charge in [-0.25, -0.2) is 0 Å². The lowest BCUT2D eigenvalue weighted by molar-refractivity contribution is -0.114. The molecule has 1 atom stereocenters. The van der Waals surface area contributed by atoms with Crippen molar-refractivity contribution in [3.8, 4) is 6.19 Å². The van der Waals surface area contributed by atoms with E-state index >= 15 is 0 Å². The number of amidine groups is 1. The fourth-order valence-corrected chi connectivity index (χ4v) is 3.90. The maximum atomic E-state index is 12.2. The average molecular weight is 437 g/mol. The smallest absolute Gasteiger partial charge is 0.254 e. The number of piperidine rings is 1. The van der Waals surface area contributed by atoms with E-state index in [4.69, 9.17) is 34.1 Å². The molecule has 0 aromatic heterocycles. The number of rotatable bonds is 6. The van der Waals surface area contributed by atoms with Crippen LogP contribution in [0, 0.1) is 11.5 Å². The van der Waals surface area contributed by atoms with Crippen molar-refractivity contribution >= 4 is 29.0 Å². The number of hydrogen-bond donors (Lipinski definition) is 3. The first-order valence-electron chi connectivity index (χ1n) is 9.99. The van der Waals surface area contributed by atoms with Gasteiger partial charge in [0.05, 0.1) is 18.3 Å². The van der Waals surface area contributed by atoms with Gasteiger partial charge in [-0.15, -0.1) is 0 Å². The molecule has 7 nitrogen and oxygen atoms in total. The van der Waals surface area contributed by atoms with Crippen LogP contribution in [0.4, 0.5) is 0 Å². The van der Waals surface area contributed by atoms with Crippen LogP contribution in [0.3, 0.4) is 0 Å². The summed E-state index contributed by atoms with van der Waals surface area (Å²) in [4.78, 5) is 18.3. The van der Waals surface area contributed by atoms with Crippen LogP contribution in [-0.2, 0) is 11.2 Å². The van der Waals surface area contributed by atoms with Crippen molar-refractivity contribution in [3.05, 3.63) is 75.8 Å². The van der Waals surface area contributed by atoms with Gasteiger partial charge in [-0.05, 0) is 54.2 Å². The number of amides is 1. The van der Waals surface area contributed by atoms with Gasteiger partial charge in [0.1, 0.15) is 11.4 Å². The molecule has 1 aliphatic rings. The molecule has 0 spiro atoms. The minimum absolute atomic E-state index is 0.00460. The second-order valence-electron chi connectivity index (χ2n) is 7.52. The van der Waals surface area contributed by atoms with Crippen molar-refractivity contribution in [3.63, 3.8) is 0 Å². The van der Waals surface area contributed by atoms with Crippen molar-refractivity contribution in [2.45, 2.75) is 25.3 Å². The molecule has 1 amide bonds. The van der Waals surface area contributed by atoms with Crippen molar-refractivity contribution in [2.75, 3.05) is 13.1 Å². The summed E-state index contributed by atoms with van der Waals surface area (Å²) < 4.78 is 0. The van der Waals surface area contributed by atoms with Gasteiger partial charge in [-0.2, -0.15) is 5.26 Å². The lowest BCUT2D eigenvalue weighted by atomic mass is 9.99. The topological polar surface area (TPSA) is 135 Å². The Labute approximate surface area is 186 Å². The first-order valence-corrected chi connectivity index (χ1v) is 10.4. The normalized spacial score (nSPS) is 17.6. The third kappa shape index (κ3) is 5.77. The first-order chi connectivity index (χ1) is 14.9. The molecular formula is C23H25ClN6O. The zero-order valence-electron chi connectivity index (χ0n) is 17.1. The molecule has 160 valence electrons. The third-order valence-electron chi connectivity index (χ3n) is 5.17. The Bertz CT molecular complexity index is 1070. The largest absolute Gasteiger partial charge is 0.397 e. The molecule has 1 heterocycles. The molecule has 0 radical (unpaired) electrons. The number of carbonyl (C=O) groups is 1. The SMILES string of the molecule is N#CN1CCCC(N=C(N)C(C(N)=O)=C(N)c2cccc(Cc3cccc(Cl)c3)c2)C1. The van der Waals surface area contributed by atoms with Gasteiger partial charge >= 0.3 is 0 Å². The first kappa shape index (κ1) is 22.2. The molecule has 1 aliphatic heterocycles. The van der Waals surface area contributed by atoms with Gasteiger partial charge in [0.2, 0.25) is 0 Å². The Kier molecular flexibility index (Phi) is 7.16. The summed E-state index contributed by atoms with van der Waals surface area (Å²) >= 11 is 6.08. The lowest BCUT2D eigenvalue weighted by Crippen LogP contribution is -2.37. The highest BCUT2D eigenvalue weighted by Gasteiger charge is 2.22. The van der Waals surface area contributed by atoms with Crippen LogP contribution < -0.4 is 17.2 Å². The van der Waals surface area contributed by atoms with E-state index in [0.29, 0.717) is 30.1 Å². The van der Waals surface area contributed by atoms with Crippen molar-refractivity contribution in [2.24, 2.45) is 22.2 Å². The number of hydrogen-bond acceptors (Lipinski definition) is 5. The highest BCUT2D eigenvalue weighted by Crippen LogP contribution is 2.20. The van der Waals surface area contributed by atoms with Crippen LogP contribution in [0.15, 0.2) is 59.1 Å². The Morgan fingerprint density at radius 3 is 2.55 bits per heavy atom. The Hall–Kier alpha value is -3.50. The van der Waals surface area contributed by atoms with E-state index in [-0.39, 0.29) is 23.1 Å². The number of likely N-dealkylation sites (tertiary alicyclic amines) is 1. The molecule has 0 aliphatic carbocycles. The number of halogens is 1. The van der Waals surface area contributed by atoms with Crippen molar-refractivity contribution in [1.29, 1.82) is 5.26 Å². The number of carbonyl (C=O) groups excluding carboxylic acids is 1. The van der Waals surface area contributed by atoms with Gasteiger partial charge in [0.25, 0.3) is 5.91 Å². The van der Waals surface area contributed by atoms with Crippen molar-refractivity contribution in [1.82, 2.24) is 4.90 Å². The van der Waals surface area contributed by atoms with Gasteiger partial charge < -0.3 is 22.1 Å². The zero-order valence-corrected chi connectivity index (χ0v) is 17.8. The van der Waals surface area contributed by atoms with E-state index < -0.39 is 5.91 Å². The predicted octanol–water partition coefficient (Wildman–Crippen LogP) is 2.39. The van der Waals surface area contributed by atoms with Gasteiger partial charge in [-0.3, -0.25) is 9.79 Å². The summed E-state index contributed by atoms with van der Waals surface area (Å²) in [6.07, 6.45) is 4.38. The van der Waals surface area contributed by atoms with E-state index in [1.807, 2.05) is 42.5 Å². The van der Waals surface area contributed by atoms with Crippen molar-refractivity contribution < 1.29 is 4.79 Å². The number of nitriles is 1. The second kappa shape index (κ2) is 10.0. The molecule has 6 N–H and O–H groups in total. The summed E-state index contributed by atoms with van der Waals surface area (Å²) in [5, 5.41) is 9.78. The summed E-state index contributed by atoms with van der Waals surface area (Å²) in [5.74, 6) is -0.748. The summed E-state index contributed by atoms with van der Waals surface area (Å²) in [7, 11) is 0. The number of aliphatic imine (C=N–C) groups is 1. The van der Waals surface area contributed by atoms with E-state index in [1.165, 1.54) is 0 Å². The molecule has 8 heteroatoms. The quantitative estimate of drug-likeness (QED) is 0.276. The highest BCUT2D eigenvalue weighted by atomic mass is 35.5. The Morgan fingerprint density at radius 1 is 1.16 bits per heavy atom. The van der Waals surface area contributed by atoms with E-state index in [1.54, 1.807) is 11.0 Å². The molecular weight excluding hydrogens is 412 g/mol. The molecule has 31 heavy (non-hydrogen) atoms. The predicted molar refractivity (Wildman–Crippen MR) is 123 cm³/mol. The monoisotopic (exact) mass is 436 g/mol. The van der Waals surface area contributed by atoms with E-state index in [9.17, 15) is 4.79 Å². The molecule has 3 rings (SSSR count). The van der Waals surface area contributed by atoms with Crippen LogP contribution in [-0.4, -0.2) is 35.8 Å². The number of primary amides is 1. The minimum Gasteiger partial charge on any atom is -0.397 e. The van der Waals surface area contributed by atoms with Crippen LogP contribution in [0.25, 0.3) is 5.70 Å². The Morgan fingerprint density at radius 2 is 1.87 bits per heavy atom. The molecule has 0 bridgehead atoms. The van der Waals surface area contributed by atoms with Crippen LogP contribution in [0.2, 0.25) is 5.02 Å². The molecule has 1 fully saturated rings. The third-order valence-corrected chi connectivity index (χ3v) is 5.40. The lowest BCUT2D eigenvalue weighted by Gasteiger charge is -2.26. The molecule has 2 aromatic rings. The highest BCUT2D eigenvalue weighted by molar-refractivity contribution is 6.30. The number of benzene rings is 2. The van der Waals surface area contributed by atoms with E-state index in [2.05, 4.69) is 11.2 Å².